The predicted octanol–water partition coefficient (Wildman–Crippen LogP) is 3.75. The molecule has 2 unspecified atom stereocenters. The zero-order valence-corrected chi connectivity index (χ0v) is 14.6. The van der Waals surface area contributed by atoms with Crippen LogP contribution in [0.5, 0.6) is 5.75 Å². The van der Waals surface area contributed by atoms with Crippen LogP contribution in [0, 0.1) is 11.8 Å². The number of benzene rings is 1. The van der Waals surface area contributed by atoms with E-state index in [4.69, 9.17) is 27.8 Å². The van der Waals surface area contributed by atoms with Gasteiger partial charge in [0.1, 0.15) is 5.75 Å². The van der Waals surface area contributed by atoms with E-state index in [9.17, 15) is 0 Å². The van der Waals surface area contributed by atoms with Crippen LogP contribution in [0.3, 0.4) is 0 Å². The second-order valence-electron chi connectivity index (χ2n) is 6.15. The van der Waals surface area contributed by atoms with Crippen LogP contribution in [0.2, 0.25) is 5.02 Å². The topological polar surface area (TPSA) is 61.3 Å². The molecule has 0 fully saturated rings. The van der Waals surface area contributed by atoms with Gasteiger partial charge >= 0.3 is 0 Å². The number of ether oxygens (including phenoxy) is 1. The average Bonchev–Trinajstić information content (AvgIpc) is 2.46. The molecular weight excluding hydrogens is 284 g/mol. The first-order valence-electron chi connectivity index (χ1n) is 7.64. The highest BCUT2D eigenvalue weighted by Gasteiger charge is 2.26. The summed E-state index contributed by atoms with van der Waals surface area (Å²) in [5.41, 5.74) is 14.0. The van der Waals surface area contributed by atoms with Crippen molar-refractivity contribution in [1.29, 1.82) is 0 Å². The van der Waals surface area contributed by atoms with E-state index in [1.807, 2.05) is 12.1 Å². The van der Waals surface area contributed by atoms with Crippen molar-refractivity contribution in [3.63, 3.8) is 0 Å². The summed E-state index contributed by atoms with van der Waals surface area (Å²) in [5, 5.41) is 0.755. The van der Waals surface area contributed by atoms with E-state index in [1.165, 1.54) is 0 Å². The van der Waals surface area contributed by atoms with Gasteiger partial charge in [-0.2, -0.15) is 0 Å². The molecule has 0 radical (unpaired) electrons. The van der Waals surface area contributed by atoms with E-state index < -0.39 is 0 Å². The average molecular weight is 313 g/mol. The maximum atomic E-state index is 6.31. The lowest BCUT2D eigenvalue weighted by molar-refractivity contribution is 0.318. The number of nitrogens with two attached hydrogens (primary N) is 2. The molecule has 0 bridgehead atoms. The lowest BCUT2D eigenvalue weighted by atomic mass is 9.79. The van der Waals surface area contributed by atoms with Crippen LogP contribution in [0.15, 0.2) is 12.1 Å². The first-order valence-corrected chi connectivity index (χ1v) is 8.02. The molecular formula is C17H29ClN2O. The van der Waals surface area contributed by atoms with Crippen LogP contribution in [0.4, 0.5) is 0 Å². The van der Waals surface area contributed by atoms with Gasteiger partial charge in [-0.05, 0) is 60.0 Å². The Balaban J connectivity index is 3.28. The summed E-state index contributed by atoms with van der Waals surface area (Å²) in [4.78, 5) is 0. The van der Waals surface area contributed by atoms with Gasteiger partial charge in [0.25, 0.3) is 0 Å². The molecule has 1 aromatic rings. The molecule has 2 atom stereocenters. The minimum Gasteiger partial charge on any atom is -0.496 e. The van der Waals surface area contributed by atoms with Crippen LogP contribution < -0.4 is 16.2 Å². The molecule has 0 amide bonds. The summed E-state index contributed by atoms with van der Waals surface area (Å²) in [7, 11) is 1.72. The van der Waals surface area contributed by atoms with Gasteiger partial charge in [0, 0.05) is 5.02 Å². The van der Waals surface area contributed by atoms with Crippen molar-refractivity contribution in [3.05, 3.63) is 28.3 Å². The van der Waals surface area contributed by atoms with Gasteiger partial charge in [0.2, 0.25) is 0 Å². The van der Waals surface area contributed by atoms with Crippen molar-refractivity contribution in [2.45, 2.75) is 39.5 Å². The normalized spacial score (nSPS) is 14.6. The Kier molecular flexibility index (Phi) is 6.98. The Labute approximate surface area is 134 Å². The molecule has 0 aliphatic heterocycles. The summed E-state index contributed by atoms with van der Waals surface area (Å²) >= 11 is 6.31. The third kappa shape index (κ3) is 4.12. The largest absolute Gasteiger partial charge is 0.496 e. The fourth-order valence-electron chi connectivity index (χ4n) is 2.86. The van der Waals surface area contributed by atoms with E-state index in [1.54, 1.807) is 7.11 Å². The van der Waals surface area contributed by atoms with Crippen molar-refractivity contribution in [3.8, 4) is 5.75 Å². The molecule has 21 heavy (non-hydrogen) atoms. The lowest BCUT2D eigenvalue weighted by Gasteiger charge is -2.29. The van der Waals surface area contributed by atoms with Gasteiger partial charge in [-0.1, -0.05) is 39.3 Å². The fourth-order valence-corrected chi connectivity index (χ4v) is 3.09. The summed E-state index contributed by atoms with van der Waals surface area (Å²) in [5.74, 6) is 2.26. The third-order valence-corrected chi connectivity index (χ3v) is 4.78. The second-order valence-corrected chi connectivity index (χ2v) is 6.59. The Morgan fingerprint density at radius 2 is 1.57 bits per heavy atom. The van der Waals surface area contributed by atoms with E-state index in [-0.39, 0.29) is 5.92 Å². The monoisotopic (exact) mass is 312 g/mol. The van der Waals surface area contributed by atoms with Crippen molar-refractivity contribution in [2.24, 2.45) is 23.3 Å². The van der Waals surface area contributed by atoms with E-state index in [0.717, 1.165) is 21.9 Å². The quantitative estimate of drug-likeness (QED) is 0.806. The lowest BCUT2D eigenvalue weighted by Crippen LogP contribution is -2.31. The van der Waals surface area contributed by atoms with Crippen LogP contribution >= 0.6 is 11.6 Å². The van der Waals surface area contributed by atoms with E-state index in [0.29, 0.717) is 30.8 Å². The van der Waals surface area contributed by atoms with Crippen molar-refractivity contribution < 1.29 is 4.74 Å². The fraction of sp³-hybridized carbons (Fsp3) is 0.647. The molecule has 1 aromatic carbocycles. The number of hydrogen-bond donors (Lipinski definition) is 2. The second kappa shape index (κ2) is 8.02. The molecule has 0 aliphatic rings. The number of rotatable bonds is 7. The maximum absolute atomic E-state index is 6.31. The van der Waals surface area contributed by atoms with Gasteiger partial charge in [0.15, 0.2) is 0 Å². The summed E-state index contributed by atoms with van der Waals surface area (Å²) in [6, 6.07) is 4.01. The van der Waals surface area contributed by atoms with Gasteiger partial charge in [-0.15, -0.1) is 0 Å². The summed E-state index contributed by atoms with van der Waals surface area (Å²) in [6.07, 6.45) is 0. The predicted molar refractivity (Wildman–Crippen MR) is 91.3 cm³/mol. The highest BCUT2D eigenvalue weighted by atomic mass is 35.5. The Morgan fingerprint density at radius 1 is 1.05 bits per heavy atom. The number of halogens is 1. The number of hydrogen-bond acceptors (Lipinski definition) is 3. The molecule has 0 saturated carbocycles. The van der Waals surface area contributed by atoms with Crippen LogP contribution in [-0.4, -0.2) is 20.2 Å². The summed E-state index contributed by atoms with van der Waals surface area (Å²) < 4.78 is 5.69. The van der Waals surface area contributed by atoms with Crippen molar-refractivity contribution >= 4 is 11.6 Å². The molecule has 0 aliphatic carbocycles. The smallest absolute Gasteiger partial charge is 0.125 e. The molecule has 3 nitrogen and oxygen atoms in total. The van der Waals surface area contributed by atoms with Crippen molar-refractivity contribution in [2.75, 3.05) is 20.2 Å². The zero-order chi connectivity index (χ0) is 16.2. The Bertz CT molecular complexity index is 458. The molecule has 0 saturated heterocycles. The zero-order valence-electron chi connectivity index (χ0n) is 13.8. The molecule has 0 heterocycles. The summed E-state index contributed by atoms with van der Waals surface area (Å²) in [6.45, 7) is 9.89. The van der Waals surface area contributed by atoms with Crippen molar-refractivity contribution in [1.82, 2.24) is 0 Å². The van der Waals surface area contributed by atoms with E-state index >= 15 is 0 Å². The number of methoxy groups -OCH3 is 1. The van der Waals surface area contributed by atoms with Gasteiger partial charge in [0.05, 0.1) is 7.11 Å². The minimum atomic E-state index is 0.285. The standard InChI is InChI=1S/C17H29ClN2O/c1-10(2)15-6-14(18)7-16(17(15)21-5)12(4)11(3)13(8-19)9-20/h6-7,10-13H,8-9,19-20H2,1-5H3. The maximum Gasteiger partial charge on any atom is 0.125 e. The first-order chi connectivity index (χ1) is 9.87. The SMILES string of the molecule is COc1c(C(C)C)cc(Cl)cc1C(C)C(C)C(CN)CN. The molecule has 4 heteroatoms. The van der Waals surface area contributed by atoms with Gasteiger partial charge in [-0.25, -0.2) is 0 Å². The van der Waals surface area contributed by atoms with Gasteiger partial charge < -0.3 is 16.2 Å². The minimum absolute atomic E-state index is 0.285. The van der Waals surface area contributed by atoms with Crippen LogP contribution in [0.25, 0.3) is 0 Å². The molecule has 0 spiro atoms. The molecule has 0 aromatic heterocycles. The molecule has 120 valence electrons. The first kappa shape index (κ1) is 18.3. The van der Waals surface area contributed by atoms with E-state index in [2.05, 4.69) is 27.7 Å². The van der Waals surface area contributed by atoms with Gasteiger partial charge in [-0.3, -0.25) is 0 Å². The third-order valence-electron chi connectivity index (χ3n) is 4.57. The molecule has 4 N–H and O–H groups in total. The van der Waals surface area contributed by atoms with Crippen LogP contribution in [0.1, 0.15) is 50.7 Å². The highest BCUT2D eigenvalue weighted by molar-refractivity contribution is 6.30. The molecule has 1 rings (SSSR count). The Morgan fingerprint density at radius 3 is 2.00 bits per heavy atom. The Hall–Kier alpha value is -0.770. The van der Waals surface area contributed by atoms with Crippen LogP contribution in [-0.2, 0) is 0 Å². The highest BCUT2D eigenvalue weighted by Crippen LogP contribution is 2.40.